The summed E-state index contributed by atoms with van der Waals surface area (Å²) < 4.78 is 46.7. The number of hydrogen-bond donors (Lipinski definition) is 2. The fourth-order valence-electron chi connectivity index (χ4n) is 1.09. The van der Waals surface area contributed by atoms with E-state index in [0.29, 0.717) is 6.20 Å². The summed E-state index contributed by atoms with van der Waals surface area (Å²) in [6.07, 6.45) is -2.80. The standard InChI is InChI=1S/C6H6F2N4O4S/c7-6(8)4-5(12(13)14)3(9)2(1-11-4)17(10,15)16/h1,6H,(H2,9,11)(H2,10,15,16). The van der Waals surface area contributed by atoms with Crippen LogP contribution < -0.4 is 10.9 Å². The first-order chi connectivity index (χ1) is 7.66. The highest BCUT2D eigenvalue weighted by molar-refractivity contribution is 7.89. The van der Waals surface area contributed by atoms with Crippen molar-refractivity contribution in [2.45, 2.75) is 11.3 Å². The molecule has 0 aliphatic carbocycles. The van der Waals surface area contributed by atoms with Gasteiger partial charge in [0.2, 0.25) is 10.0 Å². The van der Waals surface area contributed by atoms with Gasteiger partial charge in [0.15, 0.2) is 5.69 Å². The molecule has 1 rings (SSSR count). The molecule has 11 heteroatoms. The molecule has 0 bridgehead atoms. The Balaban J connectivity index is 3.67. The Morgan fingerprint density at radius 3 is 2.35 bits per heavy atom. The van der Waals surface area contributed by atoms with Crippen LogP contribution in [0.3, 0.4) is 0 Å². The van der Waals surface area contributed by atoms with Gasteiger partial charge in [-0.05, 0) is 0 Å². The average molecular weight is 268 g/mol. The van der Waals surface area contributed by atoms with Gasteiger partial charge in [0.05, 0.1) is 11.1 Å². The van der Waals surface area contributed by atoms with Crippen LogP contribution in [0.25, 0.3) is 0 Å². The topological polar surface area (TPSA) is 142 Å². The molecule has 1 heterocycles. The van der Waals surface area contributed by atoms with Crippen molar-refractivity contribution < 1.29 is 22.1 Å². The largest absolute Gasteiger partial charge is 0.392 e. The van der Waals surface area contributed by atoms with Crippen molar-refractivity contribution >= 4 is 21.4 Å². The summed E-state index contributed by atoms with van der Waals surface area (Å²) in [7, 11) is -4.37. The minimum Gasteiger partial charge on any atom is -0.392 e. The first-order valence-corrected chi connectivity index (χ1v) is 5.44. The van der Waals surface area contributed by atoms with E-state index in [4.69, 9.17) is 10.9 Å². The zero-order chi connectivity index (χ0) is 13.4. The zero-order valence-corrected chi connectivity index (χ0v) is 8.82. The Labute approximate surface area is 93.4 Å². The molecule has 0 unspecified atom stereocenters. The fourth-order valence-corrected chi connectivity index (χ4v) is 1.69. The molecule has 1 aromatic rings. The van der Waals surface area contributed by atoms with E-state index >= 15 is 0 Å². The third-order valence-corrected chi connectivity index (χ3v) is 2.72. The van der Waals surface area contributed by atoms with Crippen molar-refractivity contribution in [1.82, 2.24) is 4.98 Å². The number of nitrogens with zero attached hydrogens (tertiary/aromatic N) is 2. The molecule has 0 saturated heterocycles. The second-order valence-corrected chi connectivity index (χ2v) is 4.40. The maximum atomic E-state index is 12.4. The molecule has 1 aromatic heterocycles. The van der Waals surface area contributed by atoms with Gasteiger partial charge in [-0.15, -0.1) is 0 Å². The first-order valence-electron chi connectivity index (χ1n) is 3.90. The van der Waals surface area contributed by atoms with Crippen molar-refractivity contribution in [2.24, 2.45) is 5.14 Å². The van der Waals surface area contributed by atoms with Crippen molar-refractivity contribution in [2.75, 3.05) is 5.73 Å². The number of aromatic nitrogens is 1. The molecule has 94 valence electrons. The van der Waals surface area contributed by atoms with E-state index < -0.39 is 43.3 Å². The summed E-state index contributed by atoms with van der Waals surface area (Å²) in [6.45, 7) is 0. The number of rotatable bonds is 3. The number of halogens is 2. The molecule has 17 heavy (non-hydrogen) atoms. The lowest BCUT2D eigenvalue weighted by Gasteiger charge is -2.06. The summed E-state index contributed by atoms with van der Waals surface area (Å²) in [5.41, 5.74) is 1.71. The van der Waals surface area contributed by atoms with Gasteiger partial charge in [0.1, 0.15) is 10.6 Å². The lowest BCUT2D eigenvalue weighted by atomic mass is 10.2. The highest BCUT2D eigenvalue weighted by Crippen LogP contribution is 2.34. The minimum atomic E-state index is -4.37. The van der Waals surface area contributed by atoms with Gasteiger partial charge in [0, 0.05) is 0 Å². The van der Waals surface area contributed by atoms with Crippen LogP contribution >= 0.6 is 0 Å². The van der Waals surface area contributed by atoms with Crippen LogP contribution in [0.15, 0.2) is 11.1 Å². The van der Waals surface area contributed by atoms with Crippen LogP contribution in [0.2, 0.25) is 0 Å². The van der Waals surface area contributed by atoms with E-state index in [9.17, 15) is 27.3 Å². The van der Waals surface area contributed by atoms with Crippen molar-refractivity contribution in [3.63, 3.8) is 0 Å². The predicted octanol–water partition coefficient (Wildman–Crippen LogP) is 0.157. The normalized spacial score (nSPS) is 11.8. The summed E-state index contributed by atoms with van der Waals surface area (Å²) in [5, 5.41) is 15.2. The van der Waals surface area contributed by atoms with Crippen LogP contribution in [0.1, 0.15) is 12.1 Å². The molecule has 0 atom stereocenters. The summed E-state index contributed by atoms with van der Waals surface area (Å²) in [4.78, 5) is 11.4. The van der Waals surface area contributed by atoms with E-state index in [0.717, 1.165) is 0 Å². The lowest BCUT2D eigenvalue weighted by Crippen LogP contribution is -2.17. The molecule has 0 radical (unpaired) electrons. The summed E-state index contributed by atoms with van der Waals surface area (Å²) in [6, 6.07) is 0. The monoisotopic (exact) mass is 268 g/mol. The van der Waals surface area contributed by atoms with Gasteiger partial charge in [-0.1, -0.05) is 0 Å². The van der Waals surface area contributed by atoms with Crippen LogP contribution in [0, 0.1) is 10.1 Å². The number of primary sulfonamides is 1. The number of pyridine rings is 1. The maximum Gasteiger partial charge on any atom is 0.320 e. The molecule has 0 amide bonds. The number of nitrogen functional groups attached to an aromatic ring is 1. The first kappa shape index (κ1) is 13.2. The van der Waals surface area contributed by atoms with Crippen LogP contribution in [-0.4, -0.2) is 18.3 Å². The molecule has 8 nitrogen and oxygen atoms in total. The third-order valence-electron chi connectivity index (χ3n) is 1.78. The van der Waals surface area contributed by atoms with Crippen LogP contribution in [0.5, 0.6) is 0 Å². The van der Waals surface area contributed by atoms with Crippen LogP contribution in [-0.2, 0) is 10.0 Å². The molecule has 0 aliphatic rings. The highest BCUT2D eigenvalue weighted by atomic mass is 32.2. The van der Waals surface area contributed by atoms with E-state index in [1.807, 2.05) is 0 Å². The highest BCUT2D eigenvalue weighted by Gasteiger charge is 2.31. The van der Waals surface area contributed by atoms with Gasteiger partial charge in [-0.25, -0.2) is 27.3 Å². The quantitative estimate of drug-likeness (QED) is 0.590. The number of hydrogen-bond acceptors (Lipinski definition) is 6. The molecule has 0 fully saturated rings. The van der Waals surface area contributed by atoms with E-state index in [1.54, 1.807) is 0 Å². The number of anilines is 1. The molecular formula is C6H6F2N4O4S. The molecule has 0 aromatic carbocycles. The summed E-state index contributed by atoms with van der Waals surface area (Å²) in [5.74, 6) is 0. The third kappa shape index (κ3) is 2.45. The van der Waals surface area contributed by atoms with Crippen molar-refractivity contribution in [3.8, 4) is 0 Å². The molecule has 0 saturated carbocycles. The Kier molecular flexibility index (Phi) is 3.24. The second-order valence-electron chi connectivity index (χ2n) is 2.87. The SMILES string of the molecule is Nc1c(S(N)(=O)=O)cnc(C(F)F)c1[N+](=O)[O-]. The van der Waals surface area contributed by atoms with Gasteiger partial charge in [-0.2, -0.15) is 0 Å². The van der Waals surface area contributed by atoms with Gasteiger partial charge < -0.3 is 5.73 Å². The van der Waals surface area contributed by atoms with E-state index in [2.05, 4.69) is 4.98 Å². The van der Waals surface area contributed by atoms with Gasteiger partial charge in [0.25, 0.3) is 6.43 Å². The number of alkyl halides is 2. The zero-order valence-electron chi connectivity index (χ0n) is 8.00. The predicted molar refractivity (Wildman–Crippen MR) is 51.6 cm³/mol. The molecule has 0 spiro atoms. The minimum absolute atomic E-state index is 0.458. The van der Waals surface area contributed by atoms with E-state index in [-0.39, 0.29) is 0 Å². The Bertz CT molecular complexity index is 574. The number of nitro groups is 1. The van der Waals surface area contributed by atoms with Crippen molar-refractivity contribution in [3.05, 3.63) is 22.0 Å². The van der Waals surface area contributed by atoms with Crippen LogP contribution in [0.4, 0.5) is 20.2 Å². The maximum absolute atomic E-state index is 12.4. The van der Waals surface area contributed by atoms with Crippen molar-refractivity contribution in [1.29, 1.82) is 0 Å². The van der Waals surface area contributed by atoms with Gasteiger partial charge in [-0.3, -0.25) is 10.1 Å². The molecule has 0 aliphatic heterocycles. The Morgan fingerprint density at radius 2 is 2.00 bits per heavy atom. The average Bonchev–Trinajstić information content (AvgIpc) is 2.13. The molecular weight excluding hydrogens is 262 g/mol. The number of nitrogens with two attached hydrogens (primary N) is 2. The summed E-state index contributed by atoms with van der Waals surface area (Å²) >= 11 is 0. The second kappa shape index (κ2) is 4.18. The Morgan fingerprint density at radius 1 is 1.47 bits per heavy atom. The lowest BCUT2D eigenvalue weighted by molar-refractivity contribution is -0.385. The fraction of sp³-hybridized carbons (Fsp3) is 0.167. The Hall–Kier alpha value is -1.88. The number of sulfonamides is 1. The smallest absolute Gasteiger partial charge is 0.320 e. The van der Waals surface area contributed by atoms with Gasteiger partial charge >= 0.3 is 5.69 Å². The molecule has 4 N–H and O–H groups in total. The van der Waals surface area contributed by atoms with E-state index in [1.165, 1.54) is 0 Å².